The van der Waals surface area contributed by atoms with Gasteiger partial charge < -0.3 is 9.84 Å². The minimum Gasteiger partial charge on any atom is -0.429 e. The van der Waals surface area contributed by atoms with Crippen molar-refractivity contribution in [2.75, 3.05) is 0 Å². The number of fused-ring (bicyclic) bond motifs is 5. The van der Waals surface area contributed by atoms with Crippen LogP contribution in [-0.2, 0) is 11.2 Å². The Hall–Kier alpha value is -1.35. The van der Waals surface area contributed by atoms with E-state index in [1.807, 2.05) is 6.07 Å². The molecule has 4 rings (SSSR count). The number of benzene rings is 1. The maximum Gasteiger partial charge on any atom is 0.298 e. The number of aliphatic hydroxyl groups excluding tert-OH is 1. The first-order valence-corrected chi connectivity index (χ1v) is 10.8. The van der Waals surface area contributed by atoms with Gasteiger partial charge in [0.1, 0.15) is 5.75 Å². The van der Waals surface area contributed by atoms with E-state index in [0.29, 0.717) is 35.9 Å². The fraction of sp³-hybridized carbons (Fsp3) is 0.708. The molecule has 3 nitrogen and oxygen atoms in total. The SMILES string of the molecule is CC(C)CCC1Cc2cc(OC=O)ccc2C2CCC3(C)C(O)CCC3C12. The van der Waals surface area contributed by atoms with Crippen LogP contribution in [0.3, 0.4) is 0 Å². The van der Waals surface area contributed by atoms with Crippen LogP contribution in [0.5, 0.6) is 5.75 Å². The van der Waals surface area contributed by atoms with E-state index in [2.05, 4.69) is 32.9 Å². The number of hydrogen-bond acceptors (Lipinski definition) is 3. The van der Waals surface area contributed by atoms with Crippen molar-refractivity contribution in [3.05, 3.63) is 29.3 Å². The Morgan fingerprint density at radius 2 is 2.11 bits per heavy atom. The third kappa shape index (κ3) is 3.22. The maximum atomic E-state index is 10.8. The van der Waals surface area contributed by atoms with Gasteiger partial charge in [0.05, 0.1) is 6.10 Å². The summed E-state index contributed by atoms with van der Waals surface area (Å²) in [5.41, 5.74) is 2.96. The standard InChI is InChI=1S/C24H34O3/c1-15(2)4-5-16-12-17-13-18(27-14-25)6-7-19(17)20-10-11-24(3)21(23(16)20)8-9-22(24)26/h6-7,13-16,20-23,26H,4-5,8-12H2,1-3H3. The largest absolute Gasteiger partial charge is 0.429 e. The molecule has 0 aliphatic heterocycles. The van der Waals surface area contributed by atoms with Crippen LogP contribution in [0.25, 0.3) is 0 Å². The molecule has 2 saturated carbocycles. The number of hydrogen-bond donors (Lipinski definition) is 1. The molecule has 3 heteroatoms. The topological polar surface area (TPSA) is 46.5 Å². The highest BCUT2D eigenvalue weighted by Gasteiger charge is 2.56. The summed E-state index contributed by atoms with van der Waals surface area (Å²) in [6.07, 6.45) is 7.94. The second-order valence-corrected chi connectivity index (χ2v) is 9.94. The summed E-state index contributed by atoms with van der Waals surface area (Å²) in [5, 5.41) is 10.7. The minimum absolute atomic E-state index is 0.106. The Balaban J connectivity index is 1.70. The maximum absolute atomic E-state index is 10.8. The van der Waals surface area contributed by atoms with Crippen LogP contribution < -0.4 is 4.74 Å². The van der Waals surface area contributed by atoms with Crippen molar-refractivity contribution in [3.63, 3.8) is 0 Å². The van der Waals surface area contributed by atoms with Crippen molar-refractivity contribution in [2.24, 2.45) is 29.1 Å². The lowest BCUT2D eigenvalue weighted by Crippen LogP contribution is -2.47. The third-order valence-corrected chi connectivity index (χ3v) is 8.12. The normalized spacial score (nSPS) is 37.4. The summed E-state index contributed by atoms with van der Waals surface area (Å²) in [5.74, 6) is 3.98. The van der Waals surface area contributed by atoms with E-state index in [1.165, 1.54) is 36.8 Å². The van der Waals surface area contributed by atoms with E-state index in [9.17, 15) is 9.90 Å². The van der Waals surface area contributed by atoms with Crippen LogP contribution in [0.15, 0.2) is 18.2 Å². The Labute approximate surface area is 163 Å². The van der Waals surface area contributed by atoms with E-state index >= 15 is 0 Å². The molecule has 3 aliphatic rings. The molecule has 0 aromatic heterocycles. The monoisotopic (exact) mass is 370 g/mol. The molecule has 148 valence electrons. The smallest absolute Gasteiger partial charge is 0.298 e. The summed E-state index contributed by atoms with van der Waals surface area (Å²) in [7, 11) is 0. The van der Waals surface area contributed by atoms with Gasteiger partial charge in [0, 0.05) is 0 Å². The molecule has 1 N–H and O–H groups in total. The van der Waals surface area contributed by atoms with Crippen molar-refractivity contribution in [1.82, 2.24) is 0 Å². The molecule has 27 heavy (non-hydrogen) atoms. The van der Waals surface area contributed by atoms with Crippen LogP contribution in [0.4, 0.5) is 0 Å². The zero-order valence-electron chi connectivity index (χ0n) is 17.0. The highest BCUT2D eigenvalue weighted by molar-refractivity contribution is 5.48. The van der Waals surface area contributed by atoms with Crippen molar-refractivity contribution in [3.8, 4) is 5.75 Å². The van der Waals surface area contributed by atoms with Gasteiger partial charge in [0.15, 0.2) is 0 Å². The lowest BCUT2D eigenvalue weighted by Gasteiger charge is -2.53. The lowest BCUT2D eigenvalue weighted by atomic mass is 9.52. The minimum atomic E-state index is -0.126. The third-order valence-electron chi connectivity index (χ3n) is 8.12. The first-order chi connectivity index (χ1) is 12.9. The van der Waals surface area contributed by atoms with Crippen molar-refractivity contribution in [1.29, 1.82) is 0 Å². The molecule has 0 bridgehead atoms. The highest BCUT2D eigenvalue weighted by Crippen LogP contribution is 2.62. The first-order valence-electron chi connectivity index (χ1n) is 10.8. The van der Waals surface area contributed by atoms with Crippen LogP contribution in [0.1, 0.15) is 76.3 Å². The number of rotatable bonds is 5. The fourth-order valence-corrected chi connectivity index (χ4v) is 6.70. The van der Waals surface area contributed by atoms with Gasteiger partial charge in [-0.05, 0) is 96.8 Å². The number of carbonyl (C=O) groups is 1. The number of aliphatic hydroxyl groups is 1. The van der Waals surface area contributed by atoms with E-state index in [0.717, 1.165) is 25.2 Å². The van der Waals surface area contributed by atoms with E-state index in [-0.39, 0.29) is 11.5 Å². The molecule has 0 radical (unpaired) electrons. The van der Waals surface area contributed by atoms with Crippen molar-refractivity contribution in [2.45, 2.75) is 77.7 Å². The highest BCUT2D eigenvalue weighted by atomic mass is 16.5. The predicted molar refractivity (Wildman–Crippen MR) is 107 cm³/mol. The molecule has 0 saturated heterocycles. The fourth-order valence-electron chi connectivity index (χ4n) is 6.70. The summed E-state index contributed by atoms with van der Waals surface area (Å²) < 4.78 is 5.13. The first kappa shape index (κ1) is 19.0. The summed E-state index contributed by atoms with van der Waals surface area (Å²) >= 11 is 0. The predicted octanol–water partition coefficient (Wildman–Crippen LogP) is 5.10. The van der Waals surface area contributed by atoms with Crippen LogP contribution in [0, 0.1) is 29.1 Å². The van der Waals surface area contributed by atoms with Gasteiger partial charge in [-0.1, -0.05) is 33.3 Å². The molecule has 2 fully saturated rings. The average Bonchev–Trinajstić information content (AvgIpc) is 2.94. The summed E-state index contributed by atoms with van der Waals surface area (Å²) in [6, 6.07) is 6.26. The molecule has 1 aromatic rings. The van der Waals surface area contributed by atoms with Gasteiger partial charge >= 0.3 is 0 Å². The van der Waals surface area contributed by atoms with E-state index in [1.54, 1.807) is 0 Å². The molecular formula is C24H34O3. The Morgan fingerprint density at radius 3 is 2.85 bits per heavy atom. The van der Waals surface area contributed by atoms with Gasteiger partial charge in [-0.2, -0.15) is 0 Å². The van der Waals surface area contributed by atoms with Crippen molar-refractivity contribution < 1.29 is 14.6 Å². The Kier molecular flexibility index (Phi) is 5.09. The van der Waals surface area contributed by atoms with E-state index < -0.39 is 0 Å². The summed E-state index contributed by atoms with van der Waals surface area (Å²) in [4.78, 5) is 10.8. The molecule has 0 heterocycles. The lowest BCUT2D eigenvalue weighted by molar-refractivity contribution is -0.120. The van der Waals surface area contributed by atoms with Gasteiger partial charge in [0.2, 0.25) is 0 Å². The van der Waals surface area contributed by atoms with Gasteiger partial charge in [-0.15, -0.1) is 0 Å². The van der Waals surface area contributed by atoms with Gasteiger partial charge in [0.25, 0.3) is 6.47 Å². The van der Waals surface area contributed by atoms with Gasteiger partial charge in [-0.3, -0.25) is 4.79 Å². The summed E-state index contributed by atoms with van der Waals surface area (Å²) in [6.45, 7) is 7.50. The zero-order valence-corrected chi connectivity index (χ0v) is 17.0. The van der Waals surface area contributed by atoms with Crippen LogP contribution in [0.2, 0.25) is 0 Å². The molecule has 6 unspecified atom stereocenters. The second-order valence-electron chi connectivity index (χ2n) is 9.94. The molecule has 0 amide bonds. The second kappa shape index (κ2) is 7.24. The molecule has 3 aliphatic carbocycles. The van der Waals surface area contributed by atoms with E-state index in [4.69, 9.17) is 4.74 Å². The van der Waals surface area contributed by atoms with Gasteiger partial charge in [-0.25, -0.2) is 0 Å². The molecule has 0 spiro atoms. The Bertz CT molecular complexity index is 697. The number of ether oxygens (including phenoxy) is 1. The quantitative estimate of drug-likeness (QED) is 0.733. The molecule has 6 atom stereocenters. The van der Waals surface area contributed by atoms with Crippen molar-refractivity contribution >= 4 is 6.47 Å². The average molecular weight is 371 g/mol. The molecular weight excluding hydrogens is 336 g/mol. The zero-order chi connectivity index (χ0) is 19.2. The van der Waals surface area contributed by atoms with Crippen LogP contribution in [-0.4, -0.2) is 17.7 Å². The molecule has 1 aromatic carbocycles. The number of carbonyl (C=O) groups excluding carboxylic acids is 1. The van der Waals surface area contributed by atoms with Crippen LogP contribution >= 0.6 is 0 Å². The Morgan fingerprint density at radius 1 is 1.30 bits per heavy atom.